The first kappa shape index (κ1) is 12.4. The summed E-state index contributed by atoms with van der Waals surface area (Å²) >= 11 is 0. The normalized spacial score (nSPS) is 22.5. The summed E-state index contributed by atoms with van der Waals surface area (Å²) in [5.41, 5.74) is 0. The van der Waals surface area contributed by atoms with Gasteiger partial charge in [-0.2, -0.15) is 0 Å². The Morgan fingerprint density at radius 2 is 2.29 bits per heavy atom. The molecule has 1 saturated carbocycles. The highest BCUT2D eigenvalue weighted by atomic mass is 16.2. The van der Waals surface area contributed by atoms with Crippen LogP contribution in [-0.4, -0.2) is 60.9 Å². The van der Waals surface area contributed by atoms with E-state index in [1.807, 2.05) is 7.05 Å². The van der Waals surface area contributed by atoms with Crippen LogP contribution in [0, 0.1) is 5.92 Å². The van der Waals surface area contributed by atoms with Crippen LogP contribution in [0.5, 0.6) is 0 Å². The molecule has 5 nitrogen and oxygen atoms in total. The lowest BCUT2D eigenvalue weighted by Crippen LogP contribution is -2.52. The van der Waals surface area contributed by atoms with E-state index in [4.69, 9.17) is 0 Å². The first-order valence-electron chi connectivity index (χ1n) is 6.32. The average molecular weight is 239 g/mol. The lowest BCUT2D eigenvalue weighted by molar-refractivity contribution is -0.139. The van der Waals surface area contributed by atoms with Gasteiger partial charge in [-0.25, -0.2) is 0 Å². The molecule has 2 amide bonds. The minimum absolute atomic E-state index is 0.0532. The fraction of sp³-hybridized carbons (Fsp3) is 0.833. The smallest absolute Gasteiger partial charge is 0.239 e. The molecule has 0 aromatic rings. The van der Waals surface area contributed by atoms with E-state index in [-0.39, 0.29) is 18.4 Å². The van der Waals surface area contributed by atoms with Crippen molar-refractivity contribution in [2.45, 2.75) is 25.8 Å². The highest BCUT2D eigenvalue weighted by Crippen LogP contribution is 2.34. The van der Waals surface area contributed by atoms with Gasteiger partial charge in [0.05, 0.1) is 13.1 Å². The molecule has 1 atom stereocenters. The van der Waals surface area contributed by atoms with E-state index in [0.717, 1.165) is 5.92 Å². The monoisotopic (exact) mass is 239 g/mol. The van der Waals surface area contributed by atoms with Gasteiger partial charge in [-0.1, -0.05) is 0 Å². The fourth-order valence-electron chi connectivity index (χ4n) is 2.25. The predicted molar refractivity (Wildman–Crippen MR) is 64.4 cm³/mol. The second kappa shape index (κ2) is 5.04. The third kappa shape index (κ3) is 3.19. The van der Waals surface area contributed by atoms with Crippen molar-refractivity contribution in [3.05, 3.63) is 0 Å². The maximum atomic E-state index is 12.0. The summed E-state index contributed by atoms with van der Waals surface area (Å²) in [4.78, 5) is 27.0. The van der Waals surface area contributed by atoms with E-state index in [1.54, 1.807) is 4.90 Å². The molecule has 0 bridgehead atoms. The molecular weight excluding hydrogens is 218 g/mol. The number of hydrogen-bond donors (Lipinski definition) is 1. The number of nitrogens with one attached hydrogen (secondary N) is 1. The number of rotatable bonds is 4. The Morgan fingerprint density at radius 3 is 2.88 bits per heavy atom. The third-order valence-corrected chi connectivity index (χ3v) is 3.78. The number of amides is 2. The molecule has 1 aliphatic heterocycles. The van der Waals surface area contributed by atoms with Crippen LogP contribution in [0.1, 0.15) is 19.8 Å². The Balaban J connectivity index is 1.80. The molecule has 1 aliphatic carbocycles. The van der Waals surface area contributed by atoms with Crippen LogP contribution in [0.3, 0.4) is 0 Å². The lowest BCUT2D eigenvalue weighted by atomic mass is 10.2. The van der Waals surface area contributed by atoms with Gasteiger partial charge < -0.3 is 10.2 Å². The van der Waals surface area contributed by atoms with Crippen molar-refractivity contribution in [1.82, 2.24) is 15.1 Å². The molecule has 0 spiro atoms. The highest BCUT2D eigenvalue weighted by molar-refractivity contribution is 5.86. The summed E-state index contributed by atoms with van der Waals surface area (Å²) in [7, 11) is 1.99. The van der Waals surface area contributed by atoms with Crippen molar-refractivity contribution in [3.63, 3.8) is 0 Å². The van der Waals surface area contributed by atoms with Gasteiger partial charge in [-0.15, -0.1) is 0 Å². The maximum absolute atomic E-state index is 12.0. The van der Waals surface area contributed by atoms with Gasteiger partial charge in [0.15, 0.2) is 0 Å². The van der Waals surface area contributed by atoms with Gasteiger partial charge in [0.2, 0.25) is 11.8 Å². The van der Waals surface area contributed by atoms with Crippen LogP contribution in [0.4, 0.5) is 0 Å². The Hall–Kier alpha value is -1.10. The van der Waals surface area contributed by atoms with Crippen molar-refractivity contribution in [2.75, 3.05) is 33.2 Å². The zero-order valence-electron chi connectivity index (χ0n) is 10.6. The quantitative estimate of drug-likeness (QED) is 0.731. The van der Waals surface area contributed by atoms with Gasteiger partial charge in [0, 0.05) is 19.1 Å². The Kier molecular flexibility index (Phi) is 3.66. The van der Waals surface area contributed by atoms with E-state index in [0.29, 0.717) is 25.7 Å². The topological polar surface area (TPSA) is 52.7 Å². The zero-order chi connectivity index (χ0) is 12.4. The number of hydrogen-bond acceptors (Lipinski definition) is 3. The second-order valence-electron chi connectivity index (χ2n) is 5.16. The number of nitrogens with zero attached hydrogens (tertiary/aromatic N) is 2. The summed E-state index contributed by atoms with van der Waals surface area (Å²) in [6.07, 6.45) is 2.57. The van der Waals surface area contributed by atoms with Gasteiger partial charge in [0.1, 0.15) is 0 Å². The van der Waals surface area contributed by atoms with Crippen LogP contribution in [0.15, 0.2) is 0 Å². The van der Waals surface area contributed by atoms with E-state index in [2.05, 4.69) is 17.1 Å². The lowest BCUT2D eigenvalue weighted by Gasteiger charge is -2.30. The Labute approximate surface area is 102 Å². The van der Waals surface area contributed by atoms with Crippen molar-refractivity contribution < 1.29 is 9.59 Å². The van der Waals surface area contributed by atoms with Gasteiger partial charge in [-0.05, 0) is 32.7 Å². The second-order valence-corrected chi connectivity index (χ2v) is 5.16. The molecule has 0 radical (unpaired) electrons. The molecular formula is C12H21N3O2. The number of carbonyl (C=O) groups is 2. The molecule has 1 N–H and O–H groups in total. The summed E-state index contributed by atoms with van der Waals surface area (Å²) in [6.45, 7) is 4.02. The third-order valence-electron chi connectivity index (χ3n) is 3.78. The number of piperazine rings is 1. The molecule has 2 rings (SSSR count). The van der Waals surface area contributed by atoms with E-state index < -0.39 is 0 Å². The van der Waals surface area contributed by atoms with Crippen molar-refractivity contribution in [3.8, 4) is 0 Å². The van der Waals surface area contributed by atoms with E-state index in [9.17, 15) is 9.59 Å². The molecule has 96 valence electrons. The largest absolute Gasteiger partial charge is 0.353 e. The first-order chi connectivity index (χ1) is 8.08. The van der Waals surface area contributed by atoms with E-state index in [1.165, 1.54) is 12.8 Å². The van der Waals surface area contributed by atoms with Crippen LogP contribution >= 0.6 is 0 Å². The van der Waals surface area contributed by atoms with E-state index >= 15 is 0 Å². The van der Waals surface area contributed by atoms with Crippen molar-refractivity contribution in [2.24, 2.45) is 5.92 Å². The maximum Gasteiger partial charge on any atom is 0.239 e. The SMILES string of the molecule is CC(C1CC1)N(C)CC(=O)N1CCNC(=O)C1. The first-order valence-corrected chi connectivity index (χ1v) is 6.32. The summed E-state index contributed by atoms with van der Waals surface area (Å²) < 4.78 is 0. The summed E-state index contributed by atoms with van der Waals surface area (Å²) in [6, 6.07) is 0.470. The molecule has 1 unspecified atom stereocenters. The molecule has 1 saturated heterocycles. The van der Waals surface area contributed by atoms with Crippen LogP contribution in [0.25, 0.3) is 0 Å². The predicted octanol–water partition coefficient (Wildman–Crippen LogP) is -0.325. The molecule has 5 heteroatoms. The zero-order valence-corrected chi connectivity index (χ0v) is 10.6. The highest BCUT2D eigenvalue weighted by Gasteiger charge is 2.32. The van der Waals surface area contributed by atoms with Crippen LogP contribution < -0.4 is 5.32 Å². The Bertz CT molecular complexity index is 315. The number of carbonyl (C=O) groups excluding carboxylic acids is 2. The minimum Gasteiger partial charge on any atom is -0.353 e. The van der Waals surface area contributed by atoms with Crippen molar-refractivity contribution in [1.29, 1.82) is 0 Å². The molecule has 1 heterocycles. The van der Waals surface area contributed by atoms with Crippen LogP contribution in [0.2, 0.25) is 0 Å². The van der Waals surface area contributed by atoms with Gasteiger partial charge in [0.25, 0.3) is 0 Å². The summed E-state index contributed by atoms with van der Waals surface area (Å²) in [5.74, 6) is 0.773. The average Bonchev–Trinajstić information content (AvgIpc) is 3.11. The minimum atomic E-state index is -0.0532. The Morgan fingerprint density at radius 1 is 1.59 bits per heavy atom. The molecule has 2 aliphatic rings. The molecule has 17 heavy (non-hydrogen) atoms. The standard InChI is InChI=1S/C12H21N3O2/c1-9(10-3-4-10)14(2)8-12(17)15-6-5-13-11(16)7-15/h9-10H,3-8H2,1-2H3,(H,13,16). The van der Waals surface area contributed by atoms with Gasteiger partial charge >= 0.3 is 0 Å². The molecule has 0 aromatic heterocycles. The van der Waals surface area contributed by atoms with Crippen LogP contribution in [-0.2, 0) is 9.59 Å². The summed E-state index contributed by atoms with van der Waals surface area (Å²) in [5, 5.41) is 2.72. The molecule has 0 aromatic carbocycles. The fourth-order valence-corrected chi connectivity index (χ4v) is 2.25. The number of likely N-dealkylation sites (N-methyl/N-ethyl adjacent to an activating group) is 1. The molecule has 2 fully saturated rings. The van der Waals surface area contributed by atoms with Gasteiger partial charge in [-0.3, -0.25) is 14.5 Å². The van der Waals surface area contributed by atoms with Crippen molar-refractivity contribution >= 4 is 11.8 Å².